The fourth-order valence-electron chi connectivity index (χ4n) is 1.14. The van der Waals surface area contributed by atoms with Crippen LogP contribution in [-0.4, -0.2) is 27.7 Å². The van der Waals surface area contributed by atoms with Crippen LogP contribution in [0.25, 0.3) is 0 Å². The molecule has 4 N–H and O–H groups in total. The Morgan fingerprint density at radius 2 is 2.38 bits per heavy atom. The number of aromatic nitrogens is 1. The third-order valence-corrected chi connectivity index (χ3v) is 1.95. The SMILES string of the molecule is CC(O)CCNc1nc(N)ccc1[N+](=O)[O-]. The lowest BCUT2D eigenvalue weighted by atomic mass is 10.3. The second-order valence-electron chi connectivity index (χ2n) is 3.43. The summed E-state index contributed by atoms with van der Waals surface area (Å²) in [5.74, 6) is 0.343. The van der Waals surface area contributed by atoms with Gasteiger partial charge in [0.05, 0.1) is 11.0 Å². The molecule has 16 heavy (non-hydrogen) atoms. The summed E-state index contributed by atoms with van der Waals surface area (Å²) in [5, 5.41) is 22.5. The standard InChI is InChI=1S/C9H14N4O3/c1-6(14)4-5-11-9-7(13(15)16)2-3-8(10)12-9/h2-3,6,14H,4-5H2,1H3,(H3,10,11,12). The average Bonchev–Trinajstić information content (AvgIpc) is 2.16. The van der Waals surface area contributed by atoms with Crippen molar-refractivity contribution in [3.05, 3.63) is 22.2 Å². The van der Waals surface area contributed by atoms with E-state index in [0.29, 0.717) is 13.0 Å². The fraction of sp³-hybridized carbons (Fsp3) is 0.444. The van der Waals surface area contributed by atoms with Crippen LogP contribution in [0.5, 0.6) is 0 Å². The van der Waals surface area contributed by atoms with Gasteiger partial charge in [-0.3, -0.25) is 10.1 Å². The van der Waals surface area contributed by atoms with Crippen LogP contribution in [0.1, 0.15) is 13.3 Å². The predicted molar refractivity (Wildman–Crippen MR) is 60.1 cm³/mol. The van der Waals surface area contributed by atoms with Crippen molar-refractivity contribution in [1.82, 2.24) is 4.98 Å². The van der Waals surface area contributed by atoms with Gasteiger partial charge in [0.1, 0.15) is 5.82 Å². The van der Waals surface area contributed by atoms with Crippen LogP contribution in [0, 0.1) is 10.1 Å². The van der Waals surface area contributed by atoms with E-state index in [4.69, 9.17) is 10.8 Å². The van der Waals surface area contributed by atoms with E-state index in [1.165, 1.54) is 12.1 Å². The Morgan fingerprint density at radius 1 is 1.69 bits per heavy atom. The Kier molecular flexibility index (Phi) is 4.01. The molecule has 1 atom stereocenters. The summed E-state index contributed by atoms with van der Waals surface area (Å²) in [6.45, 7) is 2.04. The molecule has 1 aromatic rings. The summed E-state index contributed by atoms with van der Waals surface area (Å²) >= 11 is 0. The van der Waals surface area contributed by atoms with Crippen molar-refractivity contribution in [2.45, 2.75) is 19.4 Å². The maximum Gasteiger partial charge on any atom is 0.311 e. The molecule has 0 saturated heterocycles. The molecule has 1 heterocycles. The molecule has 0 bridgehead atoms. The number of nitro groups is 1. The minimum absolute atomic E-state index is 0.125. The van der Waals surface area contributed by atoms with Crippen LogP contribution < -0.4 is 11.1 Å². The third kappa shape index (κ3) is 3.35. The molecule has 0 aliphatic heterocycles. The van der Waals surface area contributed by atoms with Gasteiger partial charge < -0.3 is 16.2 Å². The van der Waals surface area contributed by atoms with Crippen LogP contribution >= 0.6 is 0 Å². The highest BCUT2D eigenvalue weighted by Gasteiger charge is 2.14. The first kappa shape index (κ1) is 12.2. The van der Waals surface area contributed by atoms with E-state index in [9.17, 15) is 10.1 Å². The first-order valence-electron chi connectivity index (χ1n) is 4.83. The second kappa shape index (κ2) is 5.26. The summed E-state index contributed by atoms with van der Waals surface area (Å²) in [6.07, 6.45) is 0.0146. The summed E-state index contributed by atoms with van der Waals surface area (Å²) in [4.78, 5) is 14.0. The quantitative estimate of drug-likeness (QED) is 0.504. The third-order valence-electron chi connectivity index (χ3n) is 1.95. The summed E-state index contributed by atoms with van der Waals surface area (Å²) in [6, 6.07) is 2.67. The number of nitrogens with zero attached hydrogens (tertiary/aromatic N) is 2. The molecule has 7 heteroatoms. The van der Waals surface area contributed by atoms with Crippen molar-refractivity contribution in [1.29, 1.82) is 0 Å². The summed E-state index contributed by atoms with van der Waals surface area (Å²) < 4.78 is 0. The van der Waals surface area contributed by atoms with Gasteiger partial charge >= 0.3 is 5.69 Å². The van der Waals surface area contributed by atoms with Crippen LogP contribution in [0.15, 0.2) is 12.1 Å². The van der Waals surface area contributed by atoms with Crippen molar-refractivity contribution in [3.63, 3.8) is 0 Å². The van der Waals surface area contributed by atoms with E-state index >= 15 is 0 Å². The van der Waals surface area contributed by atoms with Crippen molar-refractivity contribution in [2.24, 2.45) is 0 Å². The monoisotopic (exact) mass is 226 g/mol. The van der Waals surface area contributed by atoms with E-state index in [1.807, 2.05) is 0 Å². The lowest BCUT2D eigenvalue weighted by Gasteiger charge is -2.07. The molecular weight excluding hydrogens is 212 g/mol. The Hall–Kier alpha value is -1.89. The van der Waals surface area contributed by atoms with Gasteiger partial charge in [-0.2, -0.15) is 0 Å². The number of hydrogen-bond donors (Lipinski definition) is 3. The van der Waals surface area contributed by atoms with Crippen LogP contribution in [0.4, 0.5) is 17.3 Å². The number of anilines is 2. The minimum Gasteiger partial charge on any atom is -0.393 e. The van der Waals surface area contributed by atoms with E-state index in [-0.39, 0.29) is 17.3 Å². The van der Waals surface area contributed by atoms with E-state index in [1.54, 1.807) is 6.92 Å². The number of nitrogens with one attached hydrogen (secondary N) is 1. The zero-order valence-electron chi connectivity index (χ0n) is 8.88. The van der Waals surface area contributed by atoms with Crippen molar-refractivity contribution >= 4 is 17.3 Å². The molecule has 0 radical (unpaired) electrons. The highest BCUT2D eigenvalue weighted by molar-refractivity contribution is 5.59. The van der Waals surface area contributed by atoms with Gasteiger partial charge in [0.15, 0.2) is 0 Å². The zero-order chi connectivity index (χ0) is 12.1. The van der Waals surface area contributed by atoms with Gasteiger partial charge in [-0.05, 0) is 19.4 Å². The largest absolute Gasteiger partial charge is 0.393 e. The van der Waals surface area contributed by atoms with Gasteiger partial charge in [-0.1, -0.05) is 0 Å². The molecule has 0 aromatic carbocycles. The van der Waals surface area contributed by atoms with E-state index < -0.39 is 11.0 Å². The van der Waals surface area contributed by atoms with Gasteiger partial charge in [0.25, 0.3) is 0 Å². The fourth-order valence-corrected chi connectivity index (χ4v) is 1.14. The highest BCUT2D eigenvalue weighted by Crippen LogP contribution is 2.22. The smallest absolute Gasteiger partial charge is 0.311 e. The summed E-state index contributed by atoms with van der Waals surface area (Å²) in [5.41, 5.74) is 5.31. The zero-order valence-corrected chi connectivity index (χ0v) is 8.88. The molecule has 88 valence electrons. The number of pyridine rings is 1. The normalized spacial score (nSPS) is 12.1. The van der Waals surface area contributed by atoms with Crippen molar-refractivity contribution in [2.75, 3.05) is 17.6 Å². The summed E-state index contributed by atoms with van der Waals surface area (Å²) in [7, 11) is 0. The average molecular weight is 226 g/mol. The van der Waals surface area contributed by atoms with Crippen LogP contribution in [0.3, 0.4) is 0 Å². The molecular formula is C9H14N4O3. The predicted octanol–water partition coefficient (Wildman–Crippen LogP) is 0.755. The molecule has 7 nitrogen and oxygen atoms in total. The lowest BCUT2D eigenvalue weighted by Crippen LogP contribution is -2.12. The molecule has 1 unspecified atom stereocenters. The van der Waals surface area contributed by atoms with E-state index in [2.05, 4.69) is 10.3 Å². The van der Waals surface area contributed by atoms with Crippen LogP contribution in [0.2, 0.25) is 0 Å². The van der Waals surface area contributed by atoms with Crippen LogP contribution in [-0.2, 0) is 0 Å². The maximum absolute atomic E-state index is 10.7. The Balaban J connectivity index is 2.76. The molecule has 0 aliphatic rings. The van der Waals surface area contributed by atoms with Gasteiger partial charge in [0, 0.05) is 12.6 Å². The molecule has 1 aromatic heterocycles. The number of hydrogen-bond acceptors (Lipinski definition) is 6. The Labute approximate surface area is 92.4 Å². The van der Waals surface area contributed by atoms with Gasteiger partial charge in [0.2, 0.25) is 5.82 Å². The number of rotatable bonds is 5. The second-order valence-corrected chi connectivity index (χ2v) is 3.43. The lowest BCUT2D eigenvalue weighted by molar-refractivity contribution is -0.384. The molecule has 0 amide bonds. The van der Waals surface area contributed by atoms with Gasteiger partial charge in [-0.25, -0.2) is 4.98 Å². The van der Waals surface area contributed by atoms with Gasteiger partial charge in [-0.15, -0.1) is 0 Å². The number of aliphatic hydroxyl groups is 1. The topological polar surface area (TPSA) is 114 Å². The number of aliphatic hydroxyl groups excluding tert-OH is 1. The van der Waals surface area contributed by atoms with Crippen molar-refractivity contribution in [3.8, 4) is 0 Å². The Bertz CT molecular complexity index is 381. The Morgan fingerprint density at radius 3 is 2.94 bits per heavy atom. The molecule has 0 spiro atoms. The maximum atomic E-state index is 10.7. The molecule has 0 saturated carbocycles. The molecule has 0 aliphatic carbocycles. The first-order chi connectivity index (χ1) is 7.50. The number of nitrogens with two attached hydrogens (primary N) is 1. The number of nitrogen functional groups attached to an aromatic ring is 1. The highest BCUT2D eigenvalue weighted by atomic mass is 16.6. The van der Waals surface area contributed by atoms with E-state index in [0.717, 1.165) is 0 Å². The molecule has 0 fully saturated rings. The van der Waals surface area contributed by atoms with Crippen molar-refractivity contribution < 1.29 is 10.0 Å². The minimum atomic E-state index is -0.531. The first-order valence-corrected chi connectivity index (χ1v) is 4.83. The molecule has 1 rings (SSSR count).